The van der Waals surface area contributed by atoms with E-state index in [0.717, 1.165) is 0 Å². The molecule has 0 amide bonds. The van der Waals surface area contributed by atoms with E-state index in [-0.39, 0.29) is 24.8 Å². The van der Waals surface area contributed by atoms with E-state index in [4.69, 9.17) is 11.1 Å². The molecule has 0 aromatic rings. The first-order chi connectivity index (χ1) is 7.75. The van der Waals surface area contributed by atoms with Crippen molar-refractivity contribution in [2.24, 2.45) is 0 Å². The largest absolute Gasteiger partial charge is 1.00 e. The summed E-state index contributed by atoms with van der Waals surface area (Å²) in [5.41, 5.74) is 0. The van der Waals surface area contributed by atoms with Crippen LogP contribution >= 0.6 is 11.1 Å². The number of halogens is 3. The van der Waals surface area contributed by atoms with E-state index in [9.17, 15) is 0 Å². The maximum Gasteiger partial charge on any atom is -1.00 e. The molecular weight excluding hydrogens is 469 g/mol. The Balaban J connectivity index is 0.000000810. The van der Waals surface area contributed by atoms with Crippen LogP contribution in [0, 0.1) is 0 Å². The van der Waals surface area contributed by atoms with Gasteiger partial charge in [0, 0.05) is 0 Å². The summed E-state index contributed by atoms with van der Waals surface area (Å²) < 4.78 is 3.63. The van der Waals surface area contributed by atoms with Gasteiger partial charge in [0.15, 0.2) is 0 Å². The Morgan fingerprint density at radius 3 is 2.06 bits per heavy atom. The molecule has 5 heteroatoms. The molecule has 0 aromatic carbocycles. The van der Waals surface area contributed by atoms with Gasteiger partial charge in [-0.05, 0) is 0 Å². The Morgan fingerprint density at radius 1 is 1.11 bits per heavy atom. The molecule has 0 atom stereocenters. The molecule has 0 unspecified atom stereocenters. The summed E-state index contributed by atoms with van der Waals surface area (Å²) in [6, 6.07) is 1.23. The fourth-order valence-electron chi connectivity index (χ4n) is 2.93. The zero-order valence-electron chi connectivity index (χ0n) is 10.3. The van der Waals surface area contributed by atoms with Gasteiger partial charge in [0.1, 0.15) is 0 Å². The van der Waals surface area contributed by atoms with E-state index in [1.54, 1.807) is 10.4 Å². The molecule has 3 aliphatic rings. The minimum absolute atomic E-state index is 0. The van der Waals surface area contributed by atoms with Crippen LogP contribution in [0.3, 0.4) is 0 Å². The fourth-order valence-corrected chi connectivity index (χ4v) is 19.8. The molecule has 0 aromatic heterocycles. The molecule has 0 radical (unpaired) electrons. The predicted octanol–water partition coefficient (Wildman–Crippen LogP) is -1.81. The number of rotatable bonds is 2. The van der Waals surface area contributed by atoms with Gasteiger partial charge in [-0.3, -0.25) is 0 Å². The van der Waals surface area contributed by atoms with Crippen LogP contribution < -0.4 is 24.8 Å². The van der Waals surface area contributed by atoms with Crippen molar-refractivity contribution in [1.29, 1.82) is 0 Å². The van der Waals surface area contributed by atoms with Crippen molar-refractivity contribution in [3.8, 4) is 0 Å². The number of hydrogen-bond donors (Lipinski definition) is 0. The van der Waals surface area contributed by atoms with E-state index in [1.165, 1.54) is 25.3 Å². The van der Waals surface area contributed by atoms with Gasteiger partial charge in [0.25, 0.3) is 0 Å². The maximum atomic E-state index is 7.13. The minimum atomic E-state index is -1.79. The summed E-state index contributed by atoms with van der Waals surface area (Å²) in [7, 11) is -1.79. The average Bonchev–Trinajstić information content (AvgIpc) is 2.86. The van der Waals surface area contributed by atoms with Crippen LogP contribution in [0.1, 0.15) is 26.2 Å². The Hall–Kier alpha value is 0.917. The Labute approximate surface area is 139 Å². The van der Waals surface area contributed by atoms with E-state index >= 15 is 0 Å². The van der Waals surface area contributed by atoms with Crippen molar-refractivity contribution >= 4 is 18.5 Å². The van der Waals surface area contributed by atoms with Crippen molar-refractivity contribution in [3.63, 3.8) is 0 Å². The standard InChI is InChI=1S/C13H15ClSi.2ClH.Hf/c1-2-11-15(14,12-7-3-4-8-12)13-9-5-6-10-13;;;/h3,5,7,9H,2,4,6,11H2,1H3;2*1H;/q;;;+2/p-2. The third kappa shape index (κ3) is 2.56. The monoisotopic (exact) mass is 484 g/mol. The smallest absolute Gasteiger partial charge is 1.00 e. The van der Waals surface area contributed by atoms with Crippen molar-refractivity contribution in [3.05, 3.63) is 41.4 Å². The molecule has 2 aliphatic carbocycles. The average molecular weight is 484 g/mol. The fraction of sp³-hybridized carbons (Fsp3) is 0.385. The summed E-state index contributed by atoms with van der Waals surface area (Å²) in [5, 5.41) is 3.26. The third-order valence-electron chi connectivity index (χ3n) is 3.61. The third-order valence-corrected chi connectivity index (χ3v) is 16.6. The zero-order chi connectivity index (χ0) is 11.2. The van der Waals surface area contributed by atoms with E-state index in [2.05, 4.69) is 31.2 Å². The molecule has 1 aliphatic heterocycles. The van der Waals surface area contributed by atoms with Crippen LogP contribution in [0.2, 0.25) is 6.04 Å². The molecule has 96 valence electrons. The minimum Gasteiger partial charge on any atom is -1.00 e. The van der Waals surface area contributed by atoms with Crippen molar-refractivity contribution in [2.45, 2.75) is 32.2 Å². The molecule has 3 rings (SSSR count). The molecular formula is C13H15Cl3HfSi. The molecule has 0 N–H and O–H groups in total. The van der Waals surface area contributed by atoms with Gasteiger partial charge in [-0.15, -0.1) is 0 Å². The second-order valence-electron chi connectivity index (χ2n) is 4.67. The first kappa shape index (κ1) is 17.0. The SMILES string of the molecule is CCC[Si]1(Cl)C2=[C](CC=C2)[Hf+2][C]2=C1C=CC2.[Cl-].[Cl-]. The van der Waals surface area contributed by atoms with Crippen LogP contribution in [0.25, 0.3) is 0 Å². The number of allylic oxidation sites excluding steroid dienone is 8. The normalized spacial score (nSPS) is 21.7. The van der Waals surface area contributed by atoms with Crippen LogP contribution in [0.4, 0.5) is 0 Å². The van der Waals surface area contributed by atoms with Crippen LogP contribution in [0.5, 0.6) is 0 Å². The molecule has 0 bridgehead atoms. The van der Waals surface area contributed by atoms with Crippen molar-refractivity contribution in [1.82, 2.24) is 0 Å². The van der Waals surface area contributed by atoms with Gasteiger partial charge in [-0.1, -0.05) is 0 Å². The molecule has 0 nitrogen and oxygen atoms in total. The van der Waals surface area contributed by atoms with E-state index in [1.807, 2.05) is 6.66 Å². The molecule has 1 heterocycles. The van der Waals surface area contributed by atoms with E-state index in [0.29, 0.717) is 0 Å². The van der Waals surface area contributed by atoms with Crippen LogP contribution in [-0.4, -0.2) is 7.38 Å². The summed E-state index contributed by atoms with van der Waals surface area (Å²) >= 11 is 6.46. The Morgan fingerprint density at radius 2 is 1.61 bits per heavy atom. The van der Waals surface area contributed by atoms with Crippen molar-refractivity contribution in [2.75, 3.05) is 0 Å². The van der Waals surface area contributed by atoms with E-state index < -0.39 is 30.3 Å². The van der Waals surface area contributed by atoms with Gasteiger partial charge in [0.05, 0.1) is 0 Å². The Bertz CT molecular complexity index is 427. The van der Waals surface area contributed by atoms with Gasteiger partial charge in [0.2, 0.25) is 0 Å². The van der Waals surface area contributed by atoms with Gasteiger partial charge in [-0.2, -0.15) is 0 Å². The van der Waals surface area contributed by atoms with Gasteiger partial charge in [-0.25, -0.2) is 0 Å². The molecule has 0 saturated heterocycles. The summed E-state index contributed by atoms with van der Waals surface area (Å²) in [4.78, 5) is 0. The van der Waals surface area contributed by atoms with Gasteiger partial charge < -0.3 is 24.8 Å². The first-order valence-electron chi connectivity index (χ1n) is 6.02. The zero-order valence-corrected chi connectivity index (χ0v) is 17.1. The summed E-state index contributed by atoms with van der Waals surface area (Å²) in [5.74, 6) is 0. The molecule has 0 saturated carbocycles. The van der Waals surface area contributed by atoms with Gasteiger partial charge >= 0.3 is 115 Å². The summed E-state index contributed by atoms with van der Waals surface area (Å²) in [6.45, 7) is 2.27. The first-order valence-corrected chi connectivity index (χ1v) is 12.8. The van der Waals surface area contributed by atoms with Crippen LogP contribution in [0.15, 0.2) is 41.4 Å². The quantitative estimate of drug-likeness (QED) is 0.321. The predicted molar refractivity (Wildman–Crippen MR) is 68.3 cm³/mol. The maximum absolute atomic E-state index is 7.13. The second-order valence-corrected chi connectivity index (χ2v) is 15.0. The van der Waals surface area contributed by atoms with Crippen molar-refractivity contribution < 1.29 is 47.7 Å². The van der Waals surface area contributed by atoms with Crippen LogP contribution in [-0.2, 0) is 22.9 Å². The Kier molecular flexibility index (Phi) is 6.20. The topological polar surface area (TPSA) is 0 Å². The second kappa shape index (κ2) is 6.58. The molecule has 0 fully saturated rings. The summed E-state index contributed by atoms with van der Waals surface area (Å²) in [6.07, 6.45) is 13.1. The molecule has 0 spiro atoms. The molecule has 18 heavy (non-hydrogen) atoms. The number of hydrogen-bond acceptors (Lipinski definition) is 0.